The van der Waals surface area contributed by atoms with Crippen LogP contribution in [0.3, 0.4) is 0 Å². The minimum atomic E-state index is -0.416. The van der Waals surface area contributed by atoms with Gasteiger partial charge in [-0.15, -0.1) is 0 Å². The fraction of sp³-hybridized carbons (Fsp3) is 0.500. The highest BCUT2D eigenvalue weighted by Crippen LogP contribution is 2.42. The monoisotopic (exact) mass is 314 g/mol. The number of benzene rings is 1. The second kappa shape index (κ2) is 7.12. The normalized spacial score (nSPS) is 21.2. The van der Waals surface area contributed by atoms with Crippen molar-refractivity contribution in [2.45, 2.75) is 53.1 Å². The van der Waals surface area contributed by atoms with Gasteiger partial charge in [0.25, 0.3) is 0 Å². The zero-order valence-corrected chi connectivity index (χ0v) is 14.5. The van der Waals surface area contributed by atoms with Gasteiger partial charge in [-0.05, 0) is 44.2 Å². The lowest BCUT2D eigenvalue weighted by Crippen LogP contribution is -2.36. The summed E-state index contributed by atoms with van der Waals surface area (Å²) in [5.74, 6) is -0.285. The highest BCUT2D eigenvalue weighted by atomic mass is 16.5. The highest BCUT2D eigenvalue weighted by molar-refractivity contribution is 5.90. The predicted molar refractivity (Wildman–Crippen MR) is 91.2 cm³/mol. The number of Topliss-reactive ketones (excluding diaryl/α,β-unsaturated/α-hetero) is 1. The van der Waals surface area contributed by atoms with Crippen molar-refractivity contribution in [3.05, 3.63) is 47.5 Å². The first-order valence-electron chi connectivity index (χ1n) is 8.26. The molecule has 2 unspecified atom stereocenters. The Bertz CT molecular complexity index is 599. The van der Waals surface area contributed by atoms with Crippen LogP contribution < -0.4 is 0 Å². The number of ketones is 1. The molecule has 1 aromatic carbocycles. The van der Waals surface area contributed by atoms with Crippen molar-refractivity contribution in [3.8, 4) is 0 Å². The number of rotatable bonds is 5. The van der Waals surface area contributed by atoms with Crippen molar-refractivity contribution in [2.24, 2.45) is 11.3 Å². The summed E-state index contributed by atoms with van der Waals surface area (Å²) in [5, 5.41) is 0. The summed E-state index contributed by atoms with van der Waals surface area (Å²) in [6, 6.07) is 8.88. The van der Waals surface area contributed by atoms with E-state index < -0.39 is 6.10 Å². The van der Waals surface area contributed by atoms with Crippen LogP contribution in [0, 0.1) is 11.3 Å². The minimum absolute atomic E-state index is 0.0287. The maximum Gasteiger partial charge on any atom is 0.338 e. The molecule has 0 spiro atoms. The van der Waals surface area contributed by atoms with Crippen molar-refractivity contribution < 1.29 is 14.3 Å². The van der Waals surface area contributed by atoms with E-state index in [4.69, 9.17) is 4.74 Å². The van der Waals surface area contributed by atoms with Gasteiger partial charge in [0.2, 0.25) is 0 Å². The molecular formula is C20H26O3. The van der Waals surface area contributed by atoms with Crippen LogP contribution in [0.1, 0.15) is 57.3 Å². The van der Waals surface area contributed by atoms with Crippen molar-refractivity contribution in [1.29, 1.82) is 0 Å². The van der Waals surface area contributed by atoms with Crippen LogP contribution in [0.25, 0.3) is 0 Å². The Labute approximate surface area is 138 Å². The fourth-order valence-electron chi connectivity index (χ4n) is 3.51. The maximum absolute atomic E-state index is 12.7. The van der Waals surface area contributed by atoms with Gasteiger partial charge in [-0.3, -0.25) is 4.79 Å². The van der Waals surface area contributed by atoms with Crippen LogP contribution in [0.5, 0.6) is 0 Å². The average Bonchev–Trinajstić information content (AvgIpc) is 2.46. The molecule has 0 aliphatic heterocycles. The van der Waals surface area contributed by atoms with Gasteiger partial charge in [-0.25, -0.2) is 4.79 Å². The number of ether oxygens (including phenoxy) is 1. The standard InChI is InChI=1S/C20H26O3/c1-14-9-8-12-20(3,4)18(14)17(21)13-15(2)23-19(22)16-10-6-5-7-11-16/h5-7,9-11,15,18H,8,12-13H2,1-4H3. The Kier molecular flexibility index (Phi) is 5.40. The van der Waals surface area contributed by atoms with Gasteiger partial charge in [0.05, 0.1) is 5.56 Å². The molecule has 1 aromatic rings. The first-order valence-corrected chi connectivity index (χ1v) is 8.26. The molecule has 0 saturated heterocycles. The second-order valence-electron chi connectivity index (χ2n) is 7.16. The Morgan fingerprint density at radius 2 is 1.91 bits per heavy atom. The fourth-order valence-corrected chi connectivity index (χ4v) is 3.51. The van der Waals surface area contributed by atoms with Crippen molar-refractivity contribution in [2.75, 3.05) is 0 Å². The van der Waals surface area contributed by atoms with E-state index in [0.717, 1.165) is 18.4 Å². The van der Waals surface area contributed by atoms with E-state index in [1.807, 2.05) is 13.0 Å². The molecule has 1 aliphatic rings. The van der Waals surface area contributed by atoms with Gasteiger partial charge in [0.1, 0.15) is 11.9 Å². The van der Waals surface area contributed by atoms with Gasteiger partial charge < -0.3 is 4.74 Å². The Morgan fingerprint density at radius 1 is 1.26 bits per heavy atom. The molecule has 2 atom stereocenters. The molecule has 0 N–H and O–H groups in total. The summed E-state index contributed by atoms with van der Waals surface area (Å²) >= 11 is 0. The Balaban J connectivity index is 1.98. The summed E-state index contributed by atoms with van der Waals surface area (Å²) < 4.78 is 5.42. The molecule has 2 rings (SSSR count). The molecule has 0 bridgehead atoms. The minimum Gasteiger partial charge on any atom is -0.459 e. The van der Waals surface area contributed by atoms with E-state index in [2.05, 4.69) is 19.9 Å². The van der Waals surface area contributed by atoms with E-state index in [1.165, 1.54) is 0 Å². The lowest BCUT2D eigenvalue weighted by molar-refractivity contribution is -0.127. The second-order valence-corrected chi connectivity index (χ2v) is 7.16. The van der Waals surface area contributed by atoms with Gasteiger partial charge in [-0.2, -0.15) is 0 Å². The number of esters is 1. The summed E-state index contributed by atoms with van der Waals surface area (Å²) in [6.45, 7) is 8.11. The molecule has 0 amide bonds. The largest absolute Gasteiger partial charge is 0.459 e. The van der Waals surface area contributed by atoms with E-state index in [-0.39, 0.29) is 29.5 Å². The molecular weight excluding hydrogens is 288 g/mol. The Hall–Kier alpha value is -1.90. The van der Waals surface area contributed by atoms with E-state index in [0.29, 0.717) is 5.56 Å². The maximum atomic E-state index is 12.7. The van der Waals surface area contributed by atoms with Crippen molar-refractivity contribution >= 4 is 11.8 Å². The first-order chi connectivity index (χ1) is 10.8. The lowest BCUT2D eigenvalue weighted by Gasteiger charge is -2.37. The van der Waals surface area contributed by atoms with E-state index in [9.17, 15) is 9.59 Å². The van der Waals surface area contributed by atoms with E-state index >= 15 is 0 Å². The SMILES string of the molecule is CC1=CCCC(C)(C)C1C(=O)CC(C)OC(=O)c1ccccc1. The number of carbonyl (C=O) groups excluding carboxylic acids is 2. The van der Waals surface area contributed by atoms with Crippen molar-refractivity contribution in [1.82, 2.24) is 0 Å². The molecule has 3 heteroatoms. The average molecular weight is 314 g/mol. The number of allylic oxidation sites excluding steroid dienone is 2. The van der Waals surface area contributed by atoms with Crippen LogP contribution in [-0.2, 0) is 9.53 Å². The van der Waals surface area contributed by atoms with Gasteiger partial charge >= 0.3 is 5.97 Å². The third-order valence-electron chi connectivity index (χ3n) is 4.62. The molecule has 3 nitrogen and oxygen atoms in total. The molecule has 0 aromatic heterocycles. The van der Waals surface area contributed by atoms with Gasteiger partial charge in [-0.1, -0.05) is 43.7 Å². The van der Waals surface area contributed by atoms with Crippen LogP contribution in [0.15, 0.2) is 42.0 Å². The third-order valence-corrected chi connectivity index (χ3v) is 4.62. The topological polar surface area (TPSA) is 43.4 Å². The molecule has 23 heavy (non-hydrogen) atoms. The van der Waals surface area contributed by atoms with Crippen LogP contribution >= 0.6 is 0 Å². The molecule has 0 saturated carbocycles. The Morgan fingerprint density at radius 3 is 2.52 bits per heavy atom. The van der Waals surface area contributed by atoms with Crippen LogP contribution in [0.2, 0.25) is 0 Å². The smallest absolute Gasteiger partial charge is 0.338 e. The predicted octanol–water partition coefficient (Wildman–Crippen LogP) is 4.57. The highest BCUT2D eigenvalue weighted by Gasteiger charge is 2.38. The molecule has 0 fully saturated rings. The molecule has 1 aliphatic carbocycles. The summed E-state index contributed by atoms with van der Waals surface area (Å²) in [4.78, 5) is 24.8. The third kappa shape index (κ3) is 4.31. The summed E-state index contributed by atoms with van der Waals surface area (Å²) in [6.07, 6.45) is 4.05. The van der Waals surface area contributed by atoms with Gasteiger partial charge in [0, 0.05) is 12.3 Å². The summed E-state index contributed by atoms with van der Waals surface area (Å²) in [7, 11) is 0. The van der Waals surface area contributed by atoms with Gasteiger partial charge in [0.15, 0.2) is 0 Å². The van der Waals surface area contributed by atoms with Crippen molar-refractivity contribution in [3.63, 3.8) is 0 Å². The number of hydrogen-bond acceptors (Lipinski definition) is 3. The van der Waals surface area contributed by atoms with Crippen LogP contribution in [0.4, 0.5) is 0 Å². The molecule has 0 radical (unpaired) electrons. The number of carbonyl (C=O) groups is 2. The molecule has 0 heterocycles. The molecule has 124 valence electrons. The quantitative estimate of drug-likeness (QED) is 0.590. The van der Waals surface area contributed by atoms with Crippen LogP contribution in [-0.4, -0.2) is 17.9 Å². The summed E-state index contributed by atoms with van der Waals surface area (Å²) in [5.41, 5.74) is 1.63. The lowest BCUT2D eigenvalue weighted by atomic mass is 9.66. The zero-order valence-electron chi connectivity index (χ0n) is 14.5. The zero-order chi connectivity index (χ0) is 17.0. The van der Waals surface area contributed by atoms with E-state index in [1.54, 1.807) is 31.2 Å². The number of hydrogen-bond donors (Lipinski definition) is 0. The first kappa shape index (κ1) is 17.5.